The second kappa shape index (κ2) is 5.47. The zero-order chi connectivity index (χ0) is 13.4. The molecule has 6 heteroatoms. The Morgan fingerprint density at radius 1 is 1.22 bits per heavy atom. The van der Waals surface area contributed by atoms with E-state index in [0.29, 0.717) is 6.07 Å². The van der Waals surface area contributed by atoms with Crippen molar-refractivity contribution in [1.82, 2.24) is 0 Å². The molecule has 18 heavy (non-hydrogen) atoms. The summed E-state index contributed by atoms with van der Waals surface area (Å²) in [5.41, 5.74) is 2.96. The van der Waals surface area contributed by atoms with Gasteiger partial charge in [-0.05, 0) is 44.5 Å². The summed E-state index contributed by atoms with van der Waals surface area (Å²) in [5, 5.41) is 9.42. The molecule has 0 aliphatic rings. The predicted molar refractivity (Wildman–Crippen MR) is 66.4 cm³/mol. The van der Waals surface area contributed by atoms with Gasteiger partial charge in [-0.25, -0.2) is 4.39 Å². The first-order chi connectivity index (χ1) is 7.55. The number of hydrogen-bond donors (Lipinski definition) is 2. The zero-order valence-electron chi connectivity index (χ0n) is 10.4. The van der Waals surface area contributed by atoms with Crippen molar-refractivity contribution >= 4 is 12.4 Å². The molecular formula is C12H17ClF3NO. The molecule has 0 saturated carbocycles. The molecule has 0 aliphatic carbocycles. The highest BCUT2D eigenvalue weighted by Crippen LogP contribution is 2.39. The Balaban J connectivity index is 0.00000289. The van der Waals surface area contributed by atoms with Gasteiger partial charge < -0.3 is 10.8 Å². The van der Waals surface area contributed by atoms with Gasteiger partial charge in [-0.2, -0.15) is 8.78 Å². The first-order valence-corrected chi connectivity index (χ1v) is 5.22. The lowest BCUT2D eigenvalue weighted by Crippen LogP contribution is -2.40. The number of nitrogens with two attached hydrogens (primary N) is 1. The van der Waals surface area contributed by atoms with E-state index < -0.39 is 28.9 Å². The van der Waals surface area contributed by atoms with Crippen molar-refractivity contribution in [3.8, 4) is 0 Å². The molecule has 1 unspecified atom stereocenters. The lowest BCUT2D eigenvalue weighted by atomic mass is 9.91. The van der Waals surface area contributed by atoms with Gasteiger partial charge in [0.2, 0.25) is 0 Å². The largest absolute Gasteiger partial charge is 0.384 e. The average Bonchev–Trinajstić information content (AvgIpc) is 2.14. The van der Waals surface area contributed by atoms with Crippen molar-refractivity contribution in [2.45, 2.75) is 38.3 Å². The van der Waals surface area contributed by atoms with Gasteiger partial charge in [0, 0.05) is 11.6 Å². The van der Waals surface area contributed by atoms with Crippen LogP contribution in [0.1, 0.15) is 37.9 Å². The maximum absolute atomic E-state index is 13.8. The number of alkyl halides is 2. The number of halogens is 4. The molecule has 0 bridgehead atoms. The normalized spacial score (nSPS) is 14.0. The standard InChI is InChI=1S/C12H16F3NO.ClH/c1-7(16)8-4-9(6-10(13)5-8)12(14,15)11(2,3)17;/h4-7,17H,16H2,1-3H3;1H. The van der Waals surface area contributed by atoms with Gasteiger partial charge in [-0.1, -0.05) is 0 Å². The van der Waals surface area contributed by atoms with Crippen LogP contribution in [0.3, 0.4) is 0 Å². The van der Waals surface area contributed by atoms with E-state index >= 15 is 0 Å². The lowest BCUT2D eigenvalue weighted by molar-refractivity contribution is -0.168. The molecule has 0 heterocycles. The van der Waals surface area contributed by atoms with Crippen LogP contribution in [0.4, 0.5) is 13.2 Å². The Hall–Kier alpha value is -0.780. The SMILES string of the molecule is CC(N)c1cc(F)cc(C(F)(F)C(C)(C)O)c1.Cl. The summed E-state index contributed by atoms with van der Waals surface area (Å²) >= 11 is 0. The second-order valence-corrected chi connectivity index (χ2v) is 4.70. The molecule has 104 valence electrons. The number of benzene rings is 1. The lowest BCUT2D eigenvalue weighted by Gasteiger charge is -2.29. The van der Waals surface area contributed by atoms with E-state index in [9.17, 15) is 18.3 Å². The fourth-order valence-electron chi connectivity index (χ4n) is 1.41. The predicted octanol–water partition coefficient (Wildman–Crippen LogP) is 3.13. The minimum atomic E-state index is -3.54. The summed E-state index contributed by atoms with van der Waals surface area (Å²) in [5.74, 6) is -4.34. The first kappa shape index (κ1) is 17.2. The Morgan fingerprint density at radius 2 is 1.72 bits per heavy atom. The van der Waals surface area contributed by atoms with Gasteiger partial charge in [0.25, 0.3) is 0 Å². The molecule has 0 fully saturated rings. The van der Waals surface area contributed by atoms with Gasteiger partial charge in [0.1, 0.15) is 11.4 Å². The molecule has 2 nitrogen and oxygen atoms in total. The van der Waals surface area contributed by atoms with Crippen LogP contribution in [0.2, 0.25) is 0 Å². The van der Waals surface area contributed by atoms with Crippen LogP contribution in [0.5, 0.6) is 0 Å². The Kier molecular flexibility index (Phi) is 5.23. The summed E-state index contributed by atoms with van der Waals surface area (Å²) in [6, 6.07) is 2.38. The molecule has 0 aromatic heterocycles. The monoisotopic (exact) mass is 283 g/mol. The summed E-state index contributed by atoms with van der Waals surface area (Å²) in [7, 11) is 0. The summed E-state index contributed by atoms with van der Waals surface area (Å²) in [6.45, 7) is 3.52. The van der Waals surface area contributed by atoms with E-state index in [2.05, 4.69) is 0 Å². The summed E-state index contributed by atoms with van der Waals surface area (Å²) < 4.78 is 40.9. The van der Waals surface area contributed by atoms with Crippen LogP contribution < -0.4 is 5.73 Å². The Morgan fingerprint density at radius 3 is 2.11 bits per heavy atom. The van der Waals surface area contributed by atoms with Crippen LogP contribution in [0, 0.1) is 5.82 Å². The molecule has 0 aliphatic heterocycles. The van der Waals surface area contributed by atoms with Crippen LogP contribution in [-0.4, -0.2) is 10.7 Å². The van der Waals surface area contributed by atoms with E-state index in [1.807, 2.05) is 0 Å². The fourth-order valence-corrected chi connectivity index (χ4v) is 1.41. The summed E-state index contributed by atoms with van der Waals surface area (Å²) in [6.07, 6.45) is 0. The van der Waals surface area contributed by atoms with E-state index in [4.69, 9.17) is 5.73 Å². The summed E-state index contributed by atoms with van der Waals surface area (Å²) in [4.78, 5) is 0. The quantitative estimate of drug-likeness (QED) is 0.895. The van der Waals surface area contributed by atoms with Crippen LogP contribution in [0.25, 0.3) is 0 Å². The van der Waals surface area contributed by atoms with Crippen molar-refractivity contribution in [2.24, 2.45) is 5.73 Å². The molecule has 3 N–H and O–H groups in total. The van der Waals surface area contributed by atoms with Gasteiger partial charge in [-0.15, -0.1) is 12.4 Å². The molecule has 1 rings (SSSR count). The fraction of sp³-hybridized carbons (Fsp3) is 0.500. The van der Waals surface area contributed by atoms with Crippen LogP contribution >= 0.6 is 12.4 Å². The third-order valence-corrected chi connectivity index (χ3v) is 2.58. The first-order valence-electron chi connectivity index (χ1n) is 5.22. The number of hydrogen-bond acceptors (Lipinski definition) is 2. The second-order valence-electron chi connectivity index (χ2n) is 4.70. The highest BCUT2D eigenvalue weighted by Gasteiger charge is 2.47. The van der Waals surface area contributed by atoms with Crippen molar-refractivity contribution in [3.05, 3.63) is 35.1 Å². The molecule has 1 aromatic rings. The minimum Gasteiger partial charge on any atom is -0.384 e. The van der Waals surface area contributed by atoms with Crippen LogP contribution in [-0.2, 0) is 5.92 Å². The van der Waals surface area contributed by atoms with Gasteiger partial charge in [0.05, 0.1) is 0 Å². The van der Waals surface area contributed by atoms with Gasteiger partial charge in [0.15, 0.2) is 0 Å². The zero-order valence-corrected chi connectivity index (χ0v) is 11.2. The number of aliphatic hydroxyl groups is 1. The molecule has 0 spiro atoms. The molecule has 0 saturated heterocycles. The van der Waals surface area contributed by atoms with Crippen molar-refractivity contribution in [3.63, 3.8) is 0 Å². The average molecular weight is 284 g/mol. The Bertz CT molecular complexity index is 416. The highest BCUT2D eigenvalue weighted by atomic mass is 35.5. The molecule has 1 atom stereocenters. The van der Waals surface area contributed by atoms with E-state index in [-0.39, 0.29) is 18.0 Å². The molecule has 1 aromatic carbocycles. The smallest absolute Gasteiger partial charge is 0.300 e. The van der Waals surface area contributed by atoms with Crippen molar-refractivity contribution in [2.75, 3.05) is 0 Å². The number of rotatable bonds is 3. The highest BCUT2D eigenvalue weighted by molar-refractivity contribution is 5.85. The molecular weight excluding hydrogens is 267 g/mol. The van der Waals surface area contributed by atoms with Gasteiger partial charge >= 0.3 is 5.92 Å². The van der Waals surface area contributed by atoms with E-state index in [1.54, 1.807) is 6.92 Å². The molecule has 0 amide bonds. The van der Waals surface area contributed by atoms with Gasteiger partial charge in [-0.3, -0.25) is 0 Å². The van der Waals surface area contributed by atoms with E-state index in [1.165, 1.54) is 0 Å². The van der Waals surface area contributed by atoms with Crippen molar-refractivity contribution < 1.29 is 18.3 Å². The third-order valence-electron chi connectivity index (χ3n) is 2.58. The maximum Gasteiger partial charge on any atom is 0.300 e. The maximum atomic E-state index is 13.8. The van der Waals surface area contributed by atoms with Crippen molar-refractivity contribution in [1.29, 1.82) is 0 Å². The van der Waals surface area contributed by atoms with Crippen LogP contribution in [0.15, 0.2) is 18.2 Å². The topological polar surface area (TPSA) is 46.2 Å². The van der Waals surface area contributed by atoms with E-state index in [0.717, 1.165) is 26.0 Å². The molecule has 0 radical (unpaired) electrons. The minimum absolute atomic E-state index is 0. The third kappa shape index (κ3) is 3.37. The Labute approximate surface area is 110 Å².